The van der Waals surface area contributed by atoms with Crippen molar-refractivity contribution in [1.82, 2.24) is 15.4 Å². The van der Waals surface area contributed by atoms with E-state index < -0.39 is 0 Å². The number of aryl methyl sites for hydroxylation is 1. The first kappa shape index (κ1) is 15.1. The first-order valence-corrected chi connectivity index (χ1v) is 4.96. The molecule has 7 heteroatoms. The molecule has 0 unspecified atom stereocenters. The van der Waals surface area contributed by atoms with Crippen LogP contribution in [0.5, 0.6) is 0 Å². The van der Waals surface area contributed by atoms with Gasteiger partial charge in [-0.2, -0.15) is 5.10 Å². The maximum absolute atomic E-state index is 5.27. The summed E-state index contributed by atoms with van der Waals surface area (Å²) < 4.78 is 0. The van der Waals surface area contributed by atoms with Crippen molar-refractivity contribution >= 4 is 23.0 Å². The van der Waals surface area contributed by atoms with Crippen LogP contribution in [0.4, 0.5) is 0 Å². The van der Waals surface area contributed by atoms with Gasteiger partial charge < -0.3 is 5.73 Å². The molecule has 0 aromatic carbocycles. The Bertz CT molecular complexity index is 393. The van der Waals surface area contributed by atoms with Gasteiger partial charge in [-0.25, -0.2) is 0 Å². The molecule has 0 saturated heterocycles. The summed E-state index contributed by atoms with van der Waals surface area (Å²) in [4.78, 5) is 8.42. The van der Waals surface area contributed by atoms with Gasteiger partial charge in [0.05, 0.1) is 11.4 Å². The average molecular weight is 324 g/mol. The Balaban J connectivity index is 0.00000225. The molecule has 3 N–H and O–H groups in total. The minimum Gasteiger partial charge on any atom is -0.375 e. The molecule has 5 nitrogen and oxygen atoms in total. The van der Waals surface area contributed by atoms with Crippen molar-refractivity contribution in [2.75, 3.05) is 0 Å². The number of nitrogens with one attached hydrogen (secondary N) is 1. The summed E-state index contributed by atoms with van der Waals surface area (Å²) in [5, 5.41) is 4.14. The standard InChI is InChI=1S/C9H13N5S.Ru/c1-3-7-8(12-5-4-11-7)6(2)13-14-9(10)15;/h4-5H,3H2,1-2H3,(H3,10,14,15);. The molecule has 1 rings (SSSR count). The van der Waals surface area contributed by atoms with Crippen LogP contribution in [0.1, 0.15) is 25.2 Å². The summed E-state index contributed by atoms with van der Waals surface area (Å²) in [5.41, 5.74) is 10.2. The second-order valence-corrected chi connectivity index (χ2v) is 3.32. The molecule has 0 radical (unpaired) electrons. The Morgan fingerprint density at radius 3 is 2.69 bits per heavy atom. The van der Waals surface area contributed by atoms with E-state index in [2.05, 4.69) is 32.7 Å². The fourth-order valence-electron chi connectivity index (χ4n) is 1.12. The van der Waals surface area contributed by atoms with Gasteiger partial charge in [-0.15, -0.1) is 0 Å². The van der Waals surface area contributed by atoms with Crippen LogP contribution in [0.25, 0.3) is 0 Å². The molecule has 0 aliphatic rings. The molecule has 1 aromatic heterocycles. The van der Waals surface area contributed by atoms with Gasteiger partial charge in [0.15, 0.2) is 5.11 Å². The van der Waals surface area contributed by atoms with Gasteiger partial charge in [-0.3, -0.25) is 15.4 Å². The molecule has 0 aliphatic heterocycles. The number of hydrazone groups is 1. The summed E-state index contributed by atoms with van der Waals surface area (Å²) in [6.07, 6.45) is 4.11. The fraction of sp³-hybridized carbons (Fsp3) is 0.333. The fourth-order valence-corrected chi connectivity index (χ4v) is 1.17. The van der Waals surface area contributed by atoms with Crippen LogP contribution in [0.15, 0.2) is 17.5 Å². The minimum absolute atomic E-state index is 0. The van der Waals surface area contributed by atoms with Crippen LogP contribution in [-0.4, -0.2) is 20.8 Å². The predicted molar refractivity (Wildman–Crippen MR) is 63.5 cm³/mol. The van der Waals surface area contributed by atoms with Gasteiger partial charge in [0, 0.05) is 31.9 Å². The largest absolute Gasteiger partial charge is 0.375 e. The van der Waals surface area contributed by atoms with E-state index >= 15 is 0 Å². The quantitative estimate of drug-likeness (QED) is 0.368. The van der Waals surface area contributed by atoms with E-state index in [9.17, 15) is 0 Å². The predicted octanol–water partition coefficient (Wildman–Crippen LogP) is 0.594. The monoisotopic (exact) mass is 325 g/mol. The number of hydrogen-bond acceptors (Lipinski definition) is 4. The van der Waals surface area contributed by atoms with Crippen molar-refractivity contribution in [2.24, 2.45) is 10.8 Å². The minimum atomic E-state index is 0. The van der Waals surface area contributed by atoms with E-state index in [0.717, 1.165) is 17.8 Å². The summed E-state index contributed by atoms with van der Waals surface area (Å²) in [7, 11) is 0. The smallest absolute Gasteiger partial charge is 0.184 e. The van der Waals surface area contributed by atoms with Crippen molar-refractivity contribution in [2.45, 2.75) is 20.3 Å². The van der Waals surface area contributed by atoms with Gasteiger partial charge in [-0.05, 0) is 25.6 Å². The topological polar surface area (TPSA) is 76.2 Å². The molecular formula is C9H13N5RuS. The zero-order valence-corrected chi connectivity index (χ0v) is 11.6. The first-order chi connectivity index (χ1) is 7.15. The van der Waals surface area contributed by atoms with E-state index in [1.54, 1.807) is 12.4 Å². The molecule has 0 saturated carbocycles. The number of nitrogens with two attached hydrogens (primary N) is 1. The van der Waals surface area contributed by atoms with E-state index in [1.807, 2.05) is 13.8 Å². The van der Waals surface area contributed by atoms with E-state index in [0.29, 0.717) is 5.71 Å². The second-order valence-electron chi connectivity index (χ2n) is 2.88. The van der Waals surface area contributed by atoms with Gasteiger partial charge in [0.2, 0.25) is 0 Å². The molecule has 0 aliphatic carbocycles. The van der Waals surface area contributed by atoms with Crippen LogP contribution < -0.4 is 11.2 Å². The second kappa shape index (κ2) is 7.36. The van der Waals surface area contributed by atoms with Crippen LogP contribution in [-0.2, 0) is 25.9 Å². The molecule has 0 bridgehead atoms. The molecule has 0 amide bonds. The van der Waals surface area contributed by atoms with Gasteiger partial charge in [-0.1, -0.05) is 6.92 Å². The Hall–Kier alpha value is -0.937. The van der Waals surface area contributed by atoms with Gasteiger partial charge in [0.25, 0.3) is 0 Å². The molecule has 0 fully saturated rings. The number of rotatable bonds is 3. The zero-order chi connectivity index (χ0) is 11.3. The molecule has 1 heterocycles. The molecule has 1 aromatic rings. The van der Waals surface area contributed by atoms with Crippen LogP contribution in [0.3, 0.4) is 0 Å². The average Bonchev–Trinajstić information content (AvgIpc) is 2.25. The Labute approximate surface area is 113 Å². The van der Waals surface area contributed by atoms with Crippen molar-refractivity contribution in [3.63, 3.8) is 0 Å². The number of nitrogens with zero attached hydrogens (tertiary/aromatic N) is 3. The molecular weight excluding hydrogens is 311 g/mol. The molecule has 16 heavy (non-hydrogen) atoms. The SMILES string of the molecule is CCc1nccnc1C(C)=NNC(N)=S.[Ru]. The summed E-state index contributed by atoms with van der Waals surface area (Å²) in [6, 6.07) is 0. The van der Waals surface area contributed by atoms with Crippen LogP contribution in [0.2, 0.25) is 0 Å². The van der Waals surface area contributed by atoms with Crippen LogP contribution >= 0.6 is 12.2 Å². The van der Waals surface area contributed by atoms with Crippen LogP contribution in [0, 0.1) is 0 Å². The first-order valence-electron chi connectivity index (χ1n) is 4.55. The summed E-state index contributed by atoms with van der Waals surface area (Å²) in [5.74, 6) is 0. The third kappa shape index (κ3) is 4.28. The van der Waals surface area contributed by atoms with Crippen molar-refractivity contribution in [3.8, 4) is 0 Å². The Morgan fingerprint density at radius 1 is 1.50 bits per heavy atom. The Kier molecular flexibility index (Phi) is 6.92. The Morgan fingerprint density at radius 2 is 2.12 bits per heavy atom. The maximum Gasteiger partial charge on any atom is 0.184 e. The number of aromatic nitrogens is 2. The zero-order valence-electron chi connectivity index (χ0n) is 9.04. The van der Waals surface area contributed by atoms with Crippen molar-refractivity contribution < 1.29 is 19.5 Å². The van der Waals surface area contributed by atoms with E-state index in [1.165, 1.54) is 0 Å². The maximum atomic E-state index is 5.27. The molecule has 0 spiro atoms. The van der Waals surface area contributed by atoms with E-state index in [-0.39, 0.29) is 24.6 Å². The van der Waals surface area contributed by atoms with Crippen molar-refractivity contribution in [1.29, 1.82) is 0 Å². The van der Waals surface area contributed by atoms with E-state index in [4.69, 9.17) is 5.73 Å². The third-order valence-electron chi connectivity index (χ3n) is 1.79. The molecule has 0 atom stereocenters. The summed E-state index contributed by atoms with van der Waals surface area (Å²) >= 11 is 4.65. The summed E-state index contributed by atoms with van der Waals surface area (Å²) in [6.45, 7) is 3.84. The normalized spacial score (nSPS) is 10.5. The van der Waals surface area contributed by atoms with Gasteiger partial charge in [0.1, 0.15) is 5.69 Å². The van der Waals surface area contributed by atoms with Gasteiger partial charge >= 0.3 is 0 Å². The van der Waals surface area contributed by atoms with Crippen molar-refractivity contribution in [3.05, 3.63) is 23.8 Å². The number of hydrogen-bond donors (Lipinski definition) is 2. The number of thiocarbonyl (C=S) groups is 1. The molecule has 88 valence electrons. The third-order valence-corrected chi connectivity index (χ3v) is 1.88.